The van der Waals surface area contributed by atoms with Crippen molar-refractivity contribution in [1.82, 2.24) is 19.7 Å². The van der Waals surface area contributed by atoms with Crippen molar-refractivity contribution in [1.29, 1.82) is 0 Å². The zero-order valence-electron chi connectivity index (χ0n) is 24.4. The number of aromatic carboxylic acids is 1. The SMILES string of the molecule is COc1ncc(-c2ccc3c(Nc4cc(SC5CCCCC5)cc(C(=O)O)c4)c(S(=O)(=O)NC4CC4)cnc3c2)c(OC)n1. The molecule has 0 radical (unpaired) electrons. The molecule has 0 amide bonds. The first kappa shape index (κ1) is 30.1. The molecule has 11 nitrogen and oxygen atoms in total. The van der Waals surface area contributed by atoms with Crippen LogP contribution in [0, 0.1) is 0 Å². The maximum atomic E-state index is 13.5. The van der Waals surface area contributed by atoms with Gasteiger partial charge >= 0.3 is 12.0 Å². The minimum Gasteiger partial charge on any atom is -0.480 e. The molecule has 2 aliphatic carbocycles. The molecule has 2 saturated carbocycles. The average Bonchev–Trinajstić information content (AvgIpc) is 3.84. The smallest absolute Gasteiger partial charge is 0.335 e. The van der Waals surface area contributed by atoms with E-state index in [1.54, 1.807) is 36.2 Å². The van der Waals surface area contributed by atoms with Crippen LogP contribution in [0.4, 0.5) is 11.4 Å². The molecule has 0 aliphatic heterocycles. The topological polar surface area (TPSA) is 153 Å². The van der Waals surface area contributed by atoms with Crippen LogP contribution >= 0.6 is 11.8 Å². The summed E-state index contributed by atoms with van der Waals surface area (Å²) >= 11 is 1.68. The molecule has 0 saturated heterocycles. The third-order valence-electron chi connectivity index (χ3n) is 7.72. The average molecular weight is 636 g/mol. The summed E-state index contributed by atoms with van der Waals surface area (Å²) in [5.74, 6) is -0.738. The van der Waals surface area contributed by atoms with Gasteiger partial charge in [0.25, 0.3) is 0 Å². The van der Waals surface area contributed by atoms with Crippen LogP contribution in [-0.4, -0.2) is 60.0 Å². The normalized spacial score (nSPS) is 15.7. The first-order valence-electron chi connectivity index (χ1n) is 14.5. The van der Waals surface area contributed by atoms with Crippen molar-refractivity contribution in [2.75, 3.05) is 19.5 Å². The number of aromatic nitrogens is 3. The van der Waals surface area contributed by atoms with E-state index in [0.29, 0.717) is 44.5 Å². The van der Waals surface area contributed by atoms with Gasteiger partial charge in [0.15, 0.2) is 0 Å². The lowest BCUT2D eigenvalue weighted by Crippen LogP contribution is -2.26. The highest BCUT2D eigenvalue weighted by atomic mass is 32.2. The van der Waals surface area contributed by atoms with Gasteiger partial charge < -0.3 is 19.9 Å². The Morgan fingerprint density at radius 1 is 0.977 bits per heavy atom. The van der Waals surface area contributed by atoms with Gasteiger partial charge in [0.1, 0.15) is 4.90 Å². The molecule has 0 bridgehead atoms. The third-order valence-corrected chi connectivity index (χ3v) is 10.6. The maximum absolute atomic E-state index is 13.5. The van der Waals surface area contributed by atoms with E-state index in [0.717, 1.165) is 43.4 Å². The number of anilines is 2. The monoisotopic (exact) mass is 635 g/mol. The molecule has 0 unspecified atom stereocenters. The number of thioether (sulfide) groups is 1. The van der Waals surface area contributed by atoms with Crippen LogP contribution in [0.1, 0.15) is 55.3 Å². The van der Waals surface area contributed by atoms with Gasteiger partial charge in [0.2, 0.25) is 15.9 Å². The first-order chi connectivity index (χ1) is 21.2. The lowest BCUT2D eigenvalue weighted by molar-refractivity contribution is 0.0696. The molecule has 2 fully saturated rings. The summed E-state index contributed by atoms with van der Waals surface area (Å²) in [6.45, 7) is 0. The van der Waals surface area contributed by atoms with Crippen molar-refractivity contribution in [3.8, 4) is 23.0 Å². The van der Waals surface area contributed by atoms with E-state index in [9.17, 15) is 18.3 Å². The molecule has 6 rings (SSSR count). The molecule has 2 aromatic heterocycles. The third kappa shape index (κ3) is 6.59. The van der Waals surface area contributed by atoms with Crippen molar-refractivity contribution in [3.63, 3.8) is 0 Å². The molecule has 230 valence electrons. The number of hydrogen-bond donors (Lipinski definition) is 3. The minimum absolute atomic E-state index is 0.0165. The van der Waals surface area contributed by atoms with Crippen molar-refractivity contribution in [2.24, 2.45) is 0 Å². The second-order valence-electron chi connectivity index (χ2n) is 11.0. The summed E-state index contributed by atoms with van der Waals surface area (Å²) in [6, 6.07) is 10.5. The number of carboxylic acids is 1. The molecule has 2 heterocycles. The number of benzene rings is 2. The summed E-state index contributed by atoms with van der Waals surface area (Å²) in [4.78, 5) is 25.9. The van der Waals surface area contributed by atoms with Crippen LogP contribution in [-0.2, 0) is 10.0 Å². The summed E-state index contributed by atoms with van der Waals surface area (Å²) in [6.07, 6.45) is 10.2. The second kappa shape index (κ2) is 12.6. The van der Waals surface area contributed by atoms with Gasteiger partial charge in [-0.25, -0.2) is 22.9 Å². The van der Waals surface area contributed by atoms with Gasteiger partial charge in [0, 0.05) is 39.7 Å². The van der Waals surface area contributed by atoms with Crippen molar-refractivity contribution < 1.29 is 27.8 Å². The van der Waals surface area contributed by atoms with Crippen LogP contribution in [0.25, 0.3) is 22.0 Å². The molecule has 2 aromatic carbocycles. The predicted molar refractivity (Wildman–Crippen MR) is 169 cm³/mol. The summed E-state index contributed by atoms with van der Waals surface area (Å²) in [5, 5.41) is 14.1. The van der Waals surface area contributed by atoms with Gasteiger partial charge in [-0.05, 0) is 55.5 Å². The maximum Gasteiger partial charge on any atom is 0.335 e. The summed E-state index contributed by atoms with van der Waals surface area (Å²) in [7, 11) is -0.958. The number of carboxylic acid groups (broad SMARTS) is 1. The molecule has 0 atom stereocenters. The Bertz CT molecular complexity index is 1820. The van der Waals surface area contributed by atoms with Crippen molar-refractivity contribution in [2.45, 2.75) is 66.0 Å². The lowest BCUT2D eigenvalue weighted by atomic mass is 10.0. The number of methoxy groups -OCH3 is 2. The Balaban J connectivity index is 1.45. The van der Waals surface area contributed by atoms with E-state index in [4.69, 9.17) is 9.47 Å². The molecule has 13 heteroatoms. The fourth-order valence-corrected chi connectivity index (χ4v) is 8.11. The molecule has 3 N–H and O–H groups in total. The van der Waals surface area contributed by atoms with Crippen LogP contribution in [0.3, 0.4) is 0 Å². The number of hydrogen-bond acceptors (Lipinski definition) is 10. The van der Waals surface area contributed by atoms with E-state index >= 15 is 0 Å². The van der Waals surface area contributed by atoms with Gasteiger partial charge in [-0.3, -0.25) is 4.98 Å². The van der Waals surface area contributed by atoms with Crippen LogP contribution in [0.5, 0.6) is 11.9 Å². The number of rotatable bonds is 11. The number of pyridine rings is 1. The number of nitrogens with one attached hydrogen (secondary N) is 2. The van der Waals surface area contributed by atoms with E-state index in [1.165, 1.54) is 32.9 Å². The standard InChI is InChI=1S/C31H33N5O6S2/c1-41-29-25(16-33-31(35-29)42-2)18-8-11-24-26(14-18)32-17-27(44(39,40)36-20-9-10-20)28(24)34-21-12-19(30(37)38)13-23(15-21)43-22-6-4-3-5-7-22/h8,11-17,20,22,36H,3-7,9-10H2,1-2H3,(H,32,34)(H,37,38). The zero-order chi connectivity index (χ0) is 30.8. The van der Waals surface area contributed by atoms with Gasteiger partial charge in [-0.15, -0.1) is 11.8 Å². The van der Waals surface area contributed by atoms with Gasteiger partial charge in [-0.1, -0.05) is 31.4 Å². The predicted octanol–water partition coefficient (Wildman–Crippen LogP) is 6.02. The van der Waals surface area contributed by atoms with E-state index in [-0.39, 0.29) is 22.5 Å². The fourth-order valence-electron chi connectivity index (χ4n) is 5.35. The van der Waals surface area contributed by atoms with Crippen LogP contribution in [0.2, 0.25) is 0 Å². The number of nitrogens with zero attached hydrogens (tertiary/aromatic N) is 3. The summed E-state index contributed by atoms with van der Waals surface area (Å²) in [5.41, 5.74) is 2.75. The zero-order valence-corrected chi connectivity index (χ0v) is 26.0. The quantitative estimate of drug-likeness (QED) is 0.177. The fraction of sp³-hybridized carbons (Fsp3) is 0.355. The number of sulfonamides is 1. The summed E-state index contributed by atoms with van der Waals surface area (Å²) < 4.78 is 40.4. The highest BCUT2D eigenvalue weighted by Gasteiger charge is 2.31. The van der Waals surface area contributed by atoms with Gasteiger partial charge in [0.05, 0.1) is 36.6 Å². The van der Waals surface area contributed by atoms with Crippen molar-refractivity contribution >= 4 is 50.0 Å². The van der Waals surface area contributed by atoms with Gasteiger partial charge in [-0.2, -0.15) is 4.98 Å². The minimum atomic E-state index is -3.93. The lowest BCUT2D eigenvalue weighted by Gasteiger charge is -2.22. The van der Waals surface area contributed by atoms with Crippen LogP contribution in [0.15, 0.2) is 58.6 Å². The number of fused-ring (bicyclic) bond motifs is 1. The molecule has 0 spiro atoms. The molecule has 2 aliphatic rings. The molecule has 44 heavy (non-hydrogen) atoms. The Morgan fingerprint density at radius 2 is 1.77 bits per heavy atom. The Morgan fingerprint density at radius 3 is 2.48 bits per heavy atom. The highest BCUT2D eigenvalue weighted by Crippen LogP contribution is 2.39. The van der Waals surface area contributed by atoms with E-state index in [2.05, 4.69) is 25.0 Å². The number of carbonyl (C=O) groups is 1. The molecular formula is C31H33N5O6S2. The first-order valence-corrected chi connectivity index (χ1v) is 16.8. The van der Waals surface area contributed by atoms with E-state index in [1.807, 2.05) is 12.1 Å². The van der Waals surface area contributed by atoms with Crippen molar-refractivity contribution in [3.05, 3.63) is 54.4 Å². The largest absolute Gasteiger partial charge is 0.480 e. The highest BCUT2D eigenvalue weighted by molar-refractivity contribution is 8.00. The Labute approximate surface area is 259 Å². The van der Waals surface area contributed by atoms with E-state index < -0.39 is 16.0 Å². The van der Waals surface area contributed by atoms with Crippen LogP contribution < -0.4 is 19.5 Å². The molecule has 4 aromatic rings. The Kier molecular flexibility index (Phi) is 8.61. The number of ether oxygens (including phenoxy) is 2. The Hall–Kier alpha value is -3.94. The molecular weight excluding hydrogens is 603 g/mol. The second-order valence-corrected chi connectivity index (χ2v) is 14.0.